The molecule has 4 unspecified atom stereocenters. The standard InChI is InChI=1S/C78H50N2O14S2/c81-67-53-29-47-25-13-14-26-48(47)30-54(53)68(82)65(67)79-63-37-59-71(95-63)57-33-52-36-62-58(34-51(52)35-61(57)93-77(59,73(85)89-39-43-17-5-1-6-18-43)74(86)90-40-44-19-7-2-8-20-44)72-60(38-64(96-72)80-66-69(83)55-31-49-27-15-16-28-50(49)32-56(55)70(66)84)78(94-62,75(87)91-41-45-21-9-3-10-22-45)76(88)92-42-46-23-11-4-12-24-46/h1-38,47-48,51-52H,39-42H2. The van der Waals surface area contributed by atoms with E-state index in [1.807, 2.05) is 85.0 Å². The van der Waals surface area contributed by atoms with Crippen LogP contribution in [0.15, 0.2) is 259 Å². The summed E-state index contributed by atoms with van der Waals surface area (Å²) >= 11 is 2.00. The van der Waals surface area contributed by atoms with Crippen LogP contribution >= 0.6 is 22.7 Å². The summed E-state index contributed by atoms with van der Waals surface area (Å²) in [4.78, 5) is 129. The quantitative estimate of drug-likeness (QED) is 0.0563. The summed E-state index contributed by atoms with van der Waals surface area (Å²) in [5.41, 5.74) is -4.69. The highest BCUT2D eigenvalue weighted by atomic mass is 32.1. The Kier molecular flexibility index (Phi) is 14.7. The summed E-state index contributed by atoms with van der Waals surface area (Å²) in [7, 11) is 0. The van der Waals surface area contributed by atoms with Crippen molar-refractivity contribution in [3.05, 3.63) is 335 Å². The molecule has 2 aromatic heterocycles. The van der Waals surface area contributed by atoms with E-state index in [0.29, 0.717) is 33.4 Å². The first kappa shape index (κ1) is 59.4. The van der Waals surface area contributed by atoms with E-state index >= 15 is 19.2 Å². The fourth-order valence-corrected chi connectivity index (χ4v) is 15.4. The van der Waals surface area contributed by atoms with Crippen LogP contribution < -0.4 is 42.9 Å². The van der Waals surface area contributed by atoms with Crippen LogP contribution in [0.1, 0.15) is 43.1 Å². The molecule has 8 aromatic carbocycles. The Morgan fingerprint density at radius 3 is 1.08 bits per heavy atom. The summed E-state index contributed by atoms with van der Waals surface area (Å²) in [6, 6.07) is 49.0. The zero-order valence-electron chi connectivity index (χ0n) is 50.5. The van der Waals surface area contributed by atoms with E-state index in [1.54, 1.807) is 133 Å². The number of thiophene rings is 2. The van der Waals surface area contributed by atoms with E-state index in [9.17, 15) is 19.2 Å². The normalized spacial score (nSPS) is 18.5. The van der Waals surface area contributed by atoms with E-state index < -0.39 is 68.6 Å². The van der Waals surface area contributed by atoms with Crippen LogP contribution in [-0.4, -0.2) is 23.9 Å². The van der Waals surface area contributed by atoms with Crippen molar-refractivity contribution in [1.29, 1.82) is 0 Å². The number of fused-ring (bicyclic) bond motifs is 11. The number of ether oxygens (including phenoxy) is 6. The van der Waals surface area contributed by atoms with Crippen molar-refractivity contribution in [2.75, 3.05) is 0 Å². The first-order chi connectivity index (χ1) is 46.8. The molecule has 0 fully saturated rings. The van der Waals surface area contributed by atoms with Crippen LogP contribution in [-0.2, 0) is 85.2 Å². The van der Waals surface area contributed by atoms with Gasteiger partial charge in [0.15, 0.2) is 10.7 Å². The molecule has 6 aliphatic rings. The Morgan fingerprint density at radius 2 is 0.729 bits per heavy atom. The molecule has 16 rings (SSSR count). The smallest absolute Gasteiger partial charge is 0.367 e. The topological polar surface area (TPSA) is 217 Å². The molecule has 2 aliphatic heterocycles. The van der Waals surface area contributed by atoms with Crippen molar-refractivity contribution in [3.63, 3.8) is 0 Å². The molecule has 18 heteroatoms. The Balaban J connectivity index is 0.872. The largest absolute Gasteiger partial charge is 0.459 e. The van der Waals surface area contributed by atoms with Gasteiger partial charge in [0.05, 0.1) is 0 Å². The molecule has 0 saturated heterocycles. The third-order valence-corrected chi connectivity index (χ3v) is 20.1. The molecule has 468 valence electrons. The molecule has 96 heavy (non-hydrogen) atoms. The molecule has 0 bridgehead atoms. The summed E-state index contributed by atoms with van der Waals surface area (Å²) in [5, 5.41) is 1.74. The van der Waals surface area contributed by atoms with Gasteiger partial charge in [-0.2, -0.15) is 0 Å². The third kappa shape index (κ3) is 10.1. The number of esters is 4. The Hall–Kier alpha value is -11.6. The SMILES string of the molecule is O=C(OCc1ccccc1)C1(C(=O)OCc2ccccc2)OC2=CC3C=C4C(=CC3C=C2c2sc(N=c3c(=O)c5c(c3=O)=CC3C=CC=CC3C=5)cc21)OC(C(=O)OCc1ccccc1)(C(=O)OCc1ccccc1)c1cc(N=c2c(=O)c3cc5ccccc5cc3c2=O)sc14. The Morgan fingerprint density at radius 1 is 0.396 bits per heavy atom. The van der Waals surface area contributed by atoms with Crippen molar-refractivity contribution in [3.8, 4) is 0 Å². The fourth-order valence-electron chi connectivity index (χ4n) is 13.2. The number of hydrogen-bond donors (Lipinski definition) is 0. The monoisotopic (exact) mass is 1300 g/mol. The van der Waals surface area contributed by atoms with Gasteiger partial charge in [0.1, 0.15) is 47.9 Å². The molecule has 0 saturated carbocycles. The van der Waals surface area contributed by atoms with E-state index in [0.717, 1.165) is 33.4 Å². The average molecular weight is 1300 g/mol. The number of hydrogen-bond acceptors (Lipinski definition) is 18. The van der Waals surface area contributed by atoms with Gasteiger partial charge in [-0.15, -0.1) is 22.7 Å². The van der Waals surface area contributed by atoms with Crippen LogP contribution in [0.3, 0.4) is 0 Å². The van der Waals surface area contributed by atoms with Gasteiger partial charge >= 0.3 is 35.1 Å². The first-order valence-electron chi connectivity index (χ1n) is 30.9. The van der Waals surface area contributed by atoms with E-state index in [2.05, 4.69) is 0 Å². The van der Waals surface area contributed by atoms with Crippen LogP contribution in [0.4, 0.5) is 10.0 Å². The van der Waals surface area contributed by atoms with Gasteiger partial charge in [-0.1, -0.05) is 194 Å². The number of carbonyl (C=O) groups excluding carboxylic acids is 4. The molecule has 0 amide bonds. The zero-order valence-corrected chi connectivity index (χ0v) is 52.1. The predicted molar refractivity (Wildman–Crippen MR) is 360 cm³/mol. The van der Waals surface area contributed by atoms with Crippen molar-refractivity contribution >= 4 is 101 Å². The van der Waals surface area contributed by atoms with Gasteiger partial charge in [-0.05, 0) is 69.4 Å². The summed E-state index contributed by atoms with van der Waals surface area (Å²) in [6.45, 7) is -1.11. The minimum Gasteiger partial charge on any atom is -0.459 e. The van der Waals surface area contributed by atoms with Crippen LogP contribution in [0.5, 0.6) is 0 Å². The zero-order chi connectivity index (χ0) is 65.4. The highest BCUT2D eigenvalue weighted by Crippen LogP contribution is 2.57. The highest BCUT2D eigenvalue weighted by Gasteiger charge is 2.62. The Bertz CT molecular complexity index is 5400. The molecule has 16 nitrogen and oxygen atoms in total. The maximum absolute atomic E-state index is 15.4. The number of benzene rings is 6. The fraction of sp³-hybridized carbons (Fsp3) is 0.128. The van der Waals surface area contributed by atoms with Crippen LogP contribution in [0.25, 0.3) is 44.8 Å². The lowest BCUT2D eigenvalue weighted by molar-refractivity contribution is -0.191. The Labute approximate surface area is 552 Å². The number of carbonyl (C=O) groups is 4. The van der Waals surface area contributed by atoms with Crippen molar-refractivity contribution < 1.29 is 47.6 Å². The molecule has 4 heterocycles. The maximum Gasteiger partial charge on any atom is 0.367 e. The molecule has 0 radical (unpaired) electrons. The molecule has 0 spiro atoms. The maximum atomic E-state index is 15.4. The summed E-state index contributed by atoms with van der Waals surface area (Å²) < 4.78 is 38.2. The summed E-state index contributed by atoms with van der Waals surface area (Å²) in [5.74, 6) is -6.12. The highest BCUT2D eigenvalue weighted by molar-refractivity contribution is 7.17. The van der Waals surface area contributed by atoms with Gasteiger partial charge in [0, 0.05) is 76.9 Å². The van der Waals surface area contributed by atoms with Crippen molar-refractivity contribution in [2.45, 2.75) is 37.6 Å². The van der Waals surface area contributed by atoms with Crippen molar-refractivity contribution in [1.82, 2.24) is 0 Å². The number of rotatable bonds is 14. The van der Waals surface area contributed by atoms with Gasteiger partial charge < -0.3 is 28.4 Å². The van der Waals surface area contributed by atoms with Crippen molar-refractivity contribution in [2.24, 2.45) is 33.7 Å². The first-order valence-corrected chi connectivity index (χ1v) is 32.5. The number of nitrogens with zero attached hydrogens (tertiary/aromatic N) is 2. The molecule has 0 N–H and O–H groups in total. The van der Waals surface area contributed by atoms with E-state index in [-0.39, 0.29) is 113 Å². The number of allylic oxidation sites excluding steroid dienone is 10. The second kappa shape index (κ2) is 23.8. The van der Waals surface area contributed by atoms with E-state index in [4.69, 9.17) is 38.4 Å². The molecular formula is C78H50N2O14S2. The van der Waals surface area contributed by atoms with Gasteiger partial charge in [0.2, 0.25) is 21.7 Å². The molecule has 4 aliphatic carbocycles. The van der Waals surface area contributed by atoms with Crippen LogP contribution in [0, 0.1) is 23.7 Å². The predicted octanol–water partition coefficient (Wildman–Crippen LogP) is 9.62. The minimum atomic E-state index is -2.69. The lowest BCUT2D eigenvalue weighted by atomic mass is 9.75. The molecular weight excluding hydrogens is 1250 g/mol. The third-order valence-electron chi connectivity index (χ3n) is 18.0. The molecule has 10 aromatic rings. The van der Waals surface area contributed by atoms with Gasteiger partial charge in [-0.25, -0.2) is 29.2 Å². The molecule has 4 atom stereocenters. The second-order valence-electron chi connectivity index (χ2n) is 23.9. The minimum absolute atomic E-state index is 0.0391. The van der Waals surface area contributed by atoms with E-state index in [1.165, 1.54) is 12.1 Å². The lowest BCUT2D eigenvalue weighted by Crippen LogP contribution is -2.51. The van der Waals surface area contributed by atoms with Gasteiger partial charge in [0.25, 0.3) is 0 Å². The average Bonchev–Trinajstić information content (AvgIpc) is 1.28. The second-order valence-corrected chi connectivity index (χ2v) is 26.0. The van der Waals surface area contributed by atoms with Gasteiger partial charge in [-0.3, -0.25) is 19.2 Å². The van der Waals surface area contributed by atoms with Crippen LogP contribution in [0.2, 0.25) is 0 Å². The lowest BCUT2D eigenvalue weighted by Gasteiger charge is -2.41. The summed E-state index contributed by atoms with van der Waals surface area (Å²) in [6.07, 6.45) is 18.4.